The van der Waals surface area contributed by atoms with Gasteiger partial charge in [0.05, 0.1) is 6.04 Å². The maximum Gasteiger partial charge on any atom is 0.254 e. The molecule has 4 aromatic rings. The fourth-order valence-corrected chi connectivity index (χ4v) is 4.32. The standard InChI is InChI=1S/C26H23N3O/c1-19-6-11-24-21(17-19)12-16-29(25(24)22-5-4-13-27-18-22)26(30)20-7-9-23(10-8-20)28-14-2-3-15-28/h2-11,13-15,17-18,25H,12,16H2,1H3. The Morgan fingerprint density at radius 3 is 2.53 bits per heavy atom. The molecule has 5 rings (SSSR count). The number of amides is 1. The molecule has 4 nitrogen and oxygen atoms in total. The van der Waals surface area contributed by atoms with Gasteiger partial charge in [0.15, 0.2) is 0 Å². The van der Waals surface area contributed by atoms with Crippen LogP contribution in [-0.4, -0.2) is 26.9 Å². The molecule has 1 aliphatic rings. The summed E-state index contributed by atoms with van der Waals surface area (Å²) in [5, 5.41) is 0. The number of nitrogens with zero attached hydrogens (tertiary/aromatic N) is 3. The van der Waals surface area contributed by atoms with Crippen LogP contribution in [0, 0.1) is 6.92 Å². The van der Waals surface area contributed by atoms with Crippen molar-refractivity contribution >= 4 is 5.91 Å². The highest BCUT2D eigenvalue weighted by atomic mass is 16.2. The molecule has 0 N–H and O–H groups in total. The van der Waals surface area contributed by atoms with Crippen LogP contribution in [0.4, 0.5) is 0 Å². The van der Waals surface area contributed by atoms with Gasteiger partial charge >= 0.3 is 0 Å². The van der Waals surface area contributed by atoms with E-state index in [4.69, 9.17) is 0 Å². The summed E-state index contributed by atoms with van der Waals surface area (Å²) >= 11 is 0. The second-order valence-corrected chi connectivity index (χ2v) is 7.78. The molecule has 0 saturated heterocycles. The number of aromatic nitrogens is 2. The second-order valence-electron chi connectivity index (χ2n) is 7.78. The summed E-state index contributed by atoms with van der Waals surface area (Å²) in [5.74, 6) is 0.0501. The summed E-state index contributed by atoms with van der Waals surface area (Å²) < 4.78 is 2.03. The lowest BCUT2D eigenvalue weighted by atomic mass is 9.87. The van der Waals surface area contributed by atoms with Crippen molar-refractivity contribution in [1.82, 2.24) is 14.5 Å². The van der Waals surface area contributed by atoms with E-state index in [2.05, 4.69) is 36.2 Å². The number of pyridine rings is 1. The minimum absolute atomic E-state index is 0.0501. The first-order valence-corrected chi connectivity index (χ1v) is 10.2. The van der Waals surface area contributed by atoms with Gasteiger partial charge in [0.25, 0.3) is 5.91 Å². The molecule has 0 saturated carbocycles. The molecule has 2 aromatic heterocycles. The van der Waals surface area contributed by atoms with Gasteiger partial charge in [0, 0.05) is 42.6 Å². The topological polar surface area (TPSA) is 38.1 Å². The summed E-state index contributed by atoms with van der Waals surface area (Å²) in [6, 6.07) is 22.2. The van der Waals surface area contributed by atoms with Crippen LogP contribution in [0.15, 0.2) is 91.5 Å². The number of rotatable bonds is 3. The monoisotopic (exact) mass is 393 g/mol. The highest BCUT2D eigenvalue weighted by Crippen LogP contribution is 2.36. The summed E-state index contributed by atoms with van der Waals surface area (Å²) in [5.41, 5.74) is 6.54. The summed E-state index contributed by atoms with van der Waals surface area (Å²) in [6.45, 7) is 2.80. The summed E-state index contributed by atoms with van der Waals surface area (Å²) in [4.78, 5) is 19.9. The van der Waals surface area contributed by atoms with Crippen LogP contribution in [0.5, 0.6) is 0 Å². The van der Waals surface area contributed by atoms with E-state index in [0.717, 1.165) is 17.7 Å². The summed E-state index contributed by atoms with van der Waals surface area (Å²) in [7, 11) is 0. The lowest BCUT2D eigenvalue weighted by Crippen LogP contribution is -2.40. The largest absolute Gasteiger partial charge is 0.327 e. The van der Waals surface area contributed by atoms with Gasteiger partial charge in [0.2, 0.25) is 0 Å². The molecule has 148 valence electrons. The molecule has 0 fully saturated rings. The van der Waals surface area contributed by atoms with Gasteiger partial charge < -0.3 is 9.47 Å². The van der Waals surface area contributed by atoms with E-state index in [1.165, 1.54) is 16.7 Å². The number of hydrogen-bond acceptors (Lipinski definition) is 2. The third kappa shape index (κ3) is 3.30. The van der Waals surface area contributed by atoms with Crippen molar-refractivity contribution in [2.75, 3.05) is 6.54 Å². The average molecular weight is 393 g/mol. The second kappa shape index (κ2) is 7.64. The Kier molecular flexibility index (Phi) is 4.68. The van der Waals surface area contributed by atoms with Crippen LogP contribution < -0.4 is 0 Å². The lowest BCUT2D eigenvalue weighted by Gasteiger charge is -2.38. The molecule has 1 amide bonds. The predicted molar refractivity (Wildman–Crippen MR) is 118 cm³/mol. The Morgan fingerprint density at radius 2 is 1.80 bits per heavy atom. The first-order chi connectivity index (χ1) is 14.7. The normalized spacial score (nSPS) is 15.6. The quantitative estimate of drug-likeness (QED) is 0.493. The first-order valence-electron chi connectivity index (χ1n) is 10.2. The molecular formula is C26H23N3O. The Hall–Kier alpha value is -3.66. The van der Waals surface area contributed by atoms with Gasteiger partial charge in [-0.1, -0.05) is 29.8 Å². The first kappa shape index (κ1) is 18.4. The SMILES string of the molecule is Cc1ccc2c(c1)CCN(C(=O)c1ccc(-n3cccc3)cc1)C2c1cccnc1. The molecule has 2 aromatic carbocycles. The average Bonchev–Trinajstić information content (AvgIpc) is 3.33. The maximum atomic E-state index is 13.6. The predicted octanol–water partition coefficient (Wildman–Crippen LogP) is 4.97. The van der Waals surface area contributed by atoms with Crippen LogP contribution in [0.2, 0.25) is 0 Å². The van der Waals surface area contributed by atoms with Crippen LogP contribution in [0.25, 0.3) is 5.69 Å². The van der Waals surface area contributed by atoms with Crippen LogP contribution in [0.3, 0.4) is 0 Å². The van der Waals surface area contributed by atoms with Crippen molar-refractivity contribution < 1.29 is 4.79 Å². The number of carbonyl (C=O) groups excluding carboxylic acids is 1. The zero-order valence-electron chi connectivity index (χ0n) is 16.9. The fourth-order valence-electron chi connectivity index (χ4n) is 4.32. The zero-order valence-corrected chi connectivity index (χ0v) is 16.9. The Bertz CT molecular complexity index is 1160. The molecule has 0 aliphatic carbocycles. The molecule has 30 heavy (non-hydrogen) atoms. The number of benzene rings is 2. The Labute approximate surface area is 176 Å². The minimum atomic E-state index is -0.125. The fraction of sp³-hybridized carbons (Fsp3) is 0.154. The lowest BCUT2D eigenvalue weighted by molar-refractivity contribution is 0.0694. The Balaban J connectivity index is 1.52. The van der Waals surface area contributed by atoms with Gasteiger partial charge in [-0.05, 0) is 72.5 Å². The van der Waals surface area contributed by atoms with Gasteiger partial charge in [-0.2, -0.15) is 0 Å². The molecule has 1 atom stereocenters. The van der Waals surface area contributed by atoms with Gasteiger partial charge in [-0.15, -0.1) is 0 Å². The van der Waals surface area contributed by atoms with Crippen LogP contribution in [-0.2, 0) is 6.42 Å². The number of carbonyl (C=O) groups is 1. The molecule has 1 unspecified atom stereocenters. The minimum Gasteiger partial charge on any atom is -0.327 e. The van der Waals surface area contributed by atoms with Crippen LogP contribution in [0.1, 0.15) is 38.7 Å². The van der Waals surface area contributed by atoms with E-state index >= 15 is 0 Å². The van der Waals surface area contributed by atoms with Crippen molar-refractivity contribution in [3.63, 3.8) is 0 Å². The van der Waals surface area contributed by atoms with Gasteiger partial charge in [0.1, 0.15) is 0 Å². The molecule has 0 radical (unpaired) electrons. The number of hydrogen-bond donors (Lipinski definition) is 0. The van der Waals surface area contributed by atoms with E-state index < -0.39 is 0 Å². The zero-order chi connectivity index (χ0) is 20.5. The van der Waals surface area contributed by atoms with E-state index in [0.29, 0.717) is 12.1 Å². The third-order valence-corrected chi connectivity index (χ3v) is 5.80. The van der Waals surface area contributed by atoms with E-state index in [1.807, 2.05) is 70.5 Å². The Morgan fingerprint density at radius 1 is 1.00 bits per heavy atom. The van der Waals surface area contributed by atoms with Gasteiger partial charge in [-0.3, -0.25) is 9.78 Å². The van der Waals surface area contributed by atoms with Crippen molar-refractivity contribution in [3.05, 3.63) is 119 Å². The van der Waals surface area contributed by atoms with E-state index in [-0.39, 0.29) is 11.9 Å². The number of fused-ring (bicyclic) bond motifs is 1. The molecule has 4 heteroatoms. The summed E-state index contributed by atoms with van der Waals surface area (Å²) in [6.07, 6.45) is 8.50. The van der Waals surface area contributed by atoms with E-state index in [1.54, 1.807) is 6.20 Å². The third-order valence-electron chi connectivity index (χ3n) is 5.80. The molecule has 0 spiro atoms. The molecule has 1 aliphatic heterocycles. The van der Waals surface area contributed by atoms with Crippen molar-refractivity contribution in [2.24, 2.45) is 0 Å². The van der Waals surface area contributed by atoms with Crippen molar-refractivity contribution in [3.8, 4) is 5.69 Å². The number of aryl methyl sites for hydroxylation is 1. The van der Waals surface area contributed by atoms with Crippen LogP contribution >= 0.6 is 0 Å². The highest BCUT2D eigenvalue weighted by Gasteiger charge is 2.32. The molecular weight excluding hydrogens is 370 g/mol. The smallest absolute Gasteiger partial charge is 0.254 e. The van der Waals surface area contributed by atoms with Gasteiger partial charge in [-0.25, -0.2) is 0 Å². The molecule has 0 bridgehead atoms. The van der Waals surface area contributed by atoms with Crippen molar-refractivity contribution in [2.45, 2.75) is 19.4 Å². The highest BCUT2D eigenvalue weighted by molar-refractivity contribution is 5.95. The molecule has 3 heterocycles. The maximum absolute atomic E-state index is 13.6. The van der Waals surface area contributed by atoms with E-state index in [9.17, 15) is 4.79 Å². The van der Waals surface area contributed by atoms with Crippen molar-refractivity contribution in [1.29, 1.82) is 0 Å².